The van der Waals surface area contributed by atoms with E-state index in [2.05, 4.69) is 5.32 Å². The highest BCUT2D eigenvalue weighted by molar-refractivity contribution is 5.91. The Kier molecular flexibility index (Phi) is 5.68. The van der Waals surface area contributed by atoms with Crippen LogP contribution < -0.4 is 19.5 Å². The Hall–Kier alpha value is -2.89. The Bertz CT molecular complexity index is 651. The summed E-state index contributed by atoms with van der Waals surface area (Å²) in [6.07, 6.45) is 4.56. The van der Waals surface area contributed by atoms with Crippen LogP contribution in [-0.2, 0) is 11.3 Å². The van der Waals surface area contributed by atoms with E-state index in [-0.39, 0.29) is 5.91 Å². The van der Waals surface area contributed by atoms with Crippen LogP contribution in [0.1, 0.15) is 11.3 Å². The van der Waals surface area contributed by atoms with Crippen molar-refractivity contribution in [2.24, 2.45) is 0 Å². The molecule has 0 radical (unpaired) electrons. The monoisotopic (exact) mass is 317 g/mol. The topological polar surface area (TPSA) is 69.9 Å². The van der Waals surface area contributed by atoms with Crippen LogP contribution in [0.5, 0.6) is 17.2 Å². The number of rotatable bonds is 7. The van der Waals surface area contributed by atoms with Gasteiger partial charge in [-0.3, -0.25) is 4.79 Å². The predicted molar refractivity (Wildman–Crippen MR) is 85.7 cm³/mol. The maximum absolute atomic E-state index is 11.8. The summed E-state index contributed by atoms with van der Waals surface area (Å²) in [5.74, 6) is 2.00. The molecule has 122 valence electrons. The van der Waals surface area contributed by atoms with Crippen molar-refractivity contribution < 1.29 is 23.4 Å². The Morgan fingerprint density at radius 1 is 1.17 bits per heavy atom. The first-order valence-electron chi connectivity index (χ1n) is 6.96. The first kappa shape index (κ1) is 16.5. The van der Waals surface area contributed by atoms with Crippen molar-refractivity contribution in [2.45, 2.75) is 6.54 Å². The molecule has 0 spiro atoms. The van der Waals surface area contributed by atoms with Crippen molar-refractivity contribution in [1.29, 1.82) is 0 Å². The number of hydrogen-bond donors (Lipinski definition) is 1. The zero-order valence-electron chi connectivity index (χ0n) is 13.3. The molecule has 0 aliphatic rings. The van der Waals surface area contributed by atoms with E-state index in [1.807, 2.05) is 0 Å². The Balaban J connectivity index is 2.03. The van der Waals surface area contributed by atoms with Crippen molar-refractivity contribution in [2.75, 3.05) is 21.3 Å². The summed E-state index contributed by atoms with van der Waals surface area (Å²) < 4.78 is 20.9. The largest absolute Gasteiger partial charge is 0.493 e. The third-order valence-electron chi connectivity index (χ3n) is 3.13. The third kappa shape index (κ3) is 4.29. The average Bonchev–Trinajstić information content (AvgIpc) is 3.10. The summed E-state index contributed by atoms with van der Waals surface area (Å²) in [5.41, 5.74) is 0.833. The number of furan rings is 1. The molecular formula is C17H19NO5. The Labute approximate surface area is 134 Å². The summed E-state index contributed by atoms with van der Waals surface area (Å²) in [5, 5.41) is 2.78. The summed E-state index contributed by atoms with van der Waals surface area (Å²) in [4.78, 5) is 11.8. The van der Waals surface area contributed by atoms with E-state index in [1.54, 1.807) is 57.9 Å². The number of benzene rings is 1. The molecule has 1 aromatic heterocycles. The predicted octanol–water partition coefficient (Wildman–Crippen LogP) is 2.64. The van der Waals surface area contributed by atoms with E-state index in [0.29, 0.717) is 29.6 Å². The second kappa shape index (κ2) is 7.93. The smallest absolute Gasteiger partial charge is 0.244 e. The molecular weight excluding hydrogens is 298 g/mol. The first-order valence-corrected chi connectivity index (χ1v) is 6.96. The molecule has 2 rings (SSSR count). The molecule has 0 aliphatic heterocycles. The van der Waals surface area contributed by atoms with Gasteiger partial charge in [-0.25, -0.2) is 0 Å². The first-order chi connectivity index (χ1) is 11.2. The zero-order valence-corrected chi connectivity index (χ0v) is 13.3. The molecule has 0 saturated carbocycles. The van der Waals surface area contributed by atoms with Crippen molar-refractivity contribution in [3.05, 3.63) is 47.9 Å². The average molecular weight is 317 g/mol. The lowest BCUT2D eigenvalue weighted by atomic mass is 10.1. The number of ether oxygens (including phenoxy) is 3. The van der Waals surface area contributed by atoms with E-state index in [4.69, 9.17) is 18.6 Å². The molecule has 0 fully saturated rings. The number of methoxy groups -OCH3 is 3. The lowest BCUT2D eigenvalue weighted by molar-refractivity contribution is -0.116. The van der Waals surface area contributed by atoms with Gasteiger partial charge in [0.05, 0.1) is 27.6 Å². The standard InChI is InChI=1S/C17H19NO5/c1-20-14-9-12(10-15(21-2)17(14)22-3)11-18-16(19)7-6-13-5-4-8-23-13/h4-10H,11H2,1-3H3,(H,18,19). The molecule has 6 nitrogen and oxygen atoms in total. The molecule has 0 saturated heterocycles. The van der Waals surface area contributed by atoms with Crippen LogP contribution in [0.25, 0.3) is 6.08 Å². The minimum absolute atomic E-state index is 0.227. The lowest BCUT2D eigenvalue weighted by Crippen LogP contribution is -2.20. The van der Waals surface area contributed by atoms with E-state index in [1.165, 1.54) is 6.08 Å². The van der Waals surface area contributed by atoms with Gasteiger partial charge in [0.15, 0.2) is 11.5 Å². The van der Waals surface area contributed by atoms with Gasteiger partial charge in [-0.15, -0.1) is 0 Å². The van der Waals surface area contributed by atoms with E-state index < -0.39 is 0 Å². The maximum atomic E-state index is 11.8. The molecule has 0 unspecified atom stereocenters. The fourth-order valence-corrected chi connectivity index (χ4v) is 2.03. The van der Waals surface area contributed by atoms with Gasteiger partial charge in [0.2, 0.25) is 11.7 Å². The van der Waals surface area contributed by atoms with Crippen LogP contribution in [-0.4, -0.2) is 27.2 Å². The molecule has 0 atom stereocenters. The van der Waals surface area contributed by atoms with Crippen LogP contribution in [0.15, 0.2) is 41.0 Å². The molecule has 1 aromatic carbocycles. The van der Waals surface area contributed by atoms with E-state index >= 15 is 0 Å². The molecule has 2 aromatic rings. The van der Waals surface area contributed by atoms with Gasteiger partial charge in [-0.1, -0.05) is 0 Å². The van der Waals surface area contributed by atoms with Gasteiger partial charge in [-0.2, -0.15) is 0 Å². The molecule has 0 bridgehead atoms. The second-order valence-electron chi connectivity index (χ2n) is 4.60. The molecule has 6 heteroatoms. The summed E-state index contributed by atoms with van der Waals surface area (Å²) in [6, 6.07) is 7.10. The summed E-state index contributed by atoms with van der Waals surface area (Å²) in [7, 11) is 4.64. The Morgan fingerprint density at radius 2 is 1.87 bits per heavy atom. The van der Waals surface area contributed by atoms with Crippen LogP contribution in [0.2, 0.25) is 0 Å². The lowest BCUT2D eigenvalue weighted by Gasteiger charge is -2.14. The zero-order chi connectivity index (χ0) is 16.7. The van der Waals surface area contributed by atoms with Crippen molar-refractivity contribution in [3.8, 4) is 17.2 Å². The number of carbonyl (C=O) groups is 1. The van der Waals surface area contributed by atoms with Crippen LogP contribution >= 0.6 is 0 Å². The quantitative estimate of drug-likeness (QED) is 0.795. The van der Waals surface area contributed by atoms with Gasteiger partial charge in [0, 0.05) is 12.6 Å². The second-order valence-corrected chi connectivity index (χ2v) is 4.60. The van der Waals surface area contributed by atoms with Gasteiger partial charge < -0.3 is 23.9 Å². The van der Waals surface area contributed by atoms with Gasteiger partial charge in [0.1, 0.15) is 5.76 Å². The number of carbonyl (C=O) groups excluding carboxylic acids is 1. The summed E-state index contributed by atoms with van der Waals surface area (Å²) in [6.45, 7) is 0.331. The van der Waals surface area contributed by atoms with Crippen LogP contribution in [0.3, 0.4) is 0 Å². The van der Waals surface area contributed by atoms with Gasteiger partial charge in [-0.05, 0) is 35.9 Å². The molecule has 1 N–H and O–H groups in total. The number of nitrogens with one attached hydrogen (secondary N) is 1. The highest BCUT2D eigenvalue weighted by Gasteiger charge is 2.13. The van der Waals surface area contributed by atoms with E-state index in [0.717, 1.165) is 5.56 Å². The molecule has 0 aliphatic carbocycles. The highest BCUT2D eigenvalue weighted by atomic mass is 16.5. The van der Waals surface area contributed by atoms with Crippen molar-refractivity contribution in [1.82, 2.24) is 5.32 Å². The highest BCUT2D eigenvalue weighted by Crippen LogP contribution is 2.38. The maximum Gasteiger partial charge on any atom is 0.244 e. The molecule has 23 heavy (non-hydrogen) atoms. The molecule has 1 amide bonds. The van der Waals surface area contributed by atoms with Crippen LogP contribution in [0.4, 0.5) is 0 Å². The fourth-order valence-electron chi connectivity index (χ4n) is 2.03. The SMILES string of the molecule is COc1cc(CNC(=O)C=Cc2ccco2)cc(OC)c1OC. The minimum Gasteiger partial charge on any atom is -0.493 e. The third-order valence-corrected chi connectivity index (χ3v) is 3.13. The normalized spacial score (nSPS) is 10.6. The van der Waals surface area contributed by atoms with Gasteiger partial charge >= 0.3 is 0 Å². The molecule has 1 heterocycles. The number of hydrogen-bond acceptors (Lipinski definition) is 5. The minimum atomic E-state index is -0.227. The fraction of sp³-hybridized carbons (Fsp3) is 0.235. The summed E-state index contributed by atoms with van der Waals surface area (Å²) >= 11 is 0. The van der Waals surface area contributed by atoms with Crippen molar-refractivity contribution in [3.63, 3.8) is 0 Å². The van der Waals surface area contributed by atoms with E-state index in [9.17, 15) is 4.79 Å². The Morgan fingerprint density at radius 3 is 2.39 bits per heavy atom. The van der Waals surface area contributed by atoms with Gasteiger partial charge in [0.25, 0.3) is 0 Å². The number of amides is 1. The van der Waals surface area contributed by atoms with Crippen LogP contribution in [0, 0.1) is 0 Å². The van der Waals surface area contributed by atoms with Crippen molar-refractivity contribution >= 4 is 12.0 Å².